The summed E-state index contributed by atoms with van der Waals surface area (Å²) in [7, 11) is -1.04. The maximum atomic E-state index is 12.8. The number of piperidine rings is 1. The molecule has 1 aliphatic carbocycles. The fourth-order valence-corrected chi connectivity index (χ4v) is 6.84. The van der Waals surface area contributed by atoms with Gasteiger partial charge in [-0.15, -0.1) is 0 Å². The molecule has 1 atom stereocenters. The molecule has 4 rings (SSSR count). The predicted molar refractivity (Wildman–Crippen MR) is 112 cm³/mol. The van der Waals surface area contributed by atoms with E-state index in [1.165, 1.54) is 0 Å². The smallest absolute Gasteiger partial charge is 0.214 e. The highest BCUT2D eigenvalue weighted by Crippen LogP contribution is 2.32. The quantitative estimate of drug-likeness (QED) is 0.827. The summed E-state index contributed by atoms with van der Waals surface area (Å²) < 4.78 is 27.4. The molecule has 0 aromatic carbocycles. The number of fused-ring (bicyclic) bond motifs is 1. The Morgan fingerprint density at radius 1 is 1.21 bits per heavy atom. The van der Waals surface area contributed by atoms with Gasteiger partial charge >= 0.3 is 0 Å². The van der Waals surface area contributed by atoms with E-state index in [0.29, 0.717) is 30.8 Å². The average Bonchev–Trinajstić information content (AvgIpc) is 3.17. The van der Waals surface area contributed by atoms with Gasteiger partial charge < -0.3 is 9.88 Å². The summed E-state index contributed by atoms with van der Waals surface area (Å²) in [6, 6.07) is 2.40. The Morgan fingerprint density at radius 2 is 2.00 bits per heavy atom. The Labute approximate surface area is 167 Å². The third kappa shape index (κ3) is 4.03. The zero-order chi connectivity index (χ0) is 19.7. The van der Waals surface area contributed by atoms with Crippen molar-refractivity contribution in [3.63, 3.8) is 0 Å². The van der Waals surface area contributed by atoms with E-state index in [0.717, 1.165) is 55.4 Å². The second-order valence-electron chi connectivity index (χ2n) is 8.61. The highest BCUT2D eigenvalue weighted by atomic mass is 32.2. The Kier molecular flexibility index (Phi) is 5.60. The molecule has 2 aliphatic rings. The third-order valence-electron chi connectivity index (χ3n) is 6.49. The summed E-state index contributed by atoms with van der Waals surface area (Å²) in [6.45, 7) is 3.54. The van der Waals surface area contributed by atoms with E-state index in [9.17, 15) is 8.42 Å². The number of sulfonamides is 1. The lowest BCUT2D eigenvalue weighted by Gasteiger charge is -2.36. The number of anilines is 1. The van der Waals surface area contributed by atoms with Gasteiger partial charge in [0.15, 0.2) is 0 Å². The van der Waals surface area contributed by atoms with Crippen molar-refractivity contribution in [1.82, 2.24) is 19.3 Å². The van der Waals surface area contributed by atoms with Gasteiger partial charge in [0.2, 0.25) is 10.0 Å². The lowest BCUT2D eigenvalue weighted by atomic mass is 9.86. The van der Waals surface area contributed by atoms with Crippen molar-refractivity contribution in [3.05, 3.63) is 18.6 Å². The van der Waals surface area contributed by atoms with Crippen molar-refractivity contribution >= 4 is 26.9 Å². The topological polar surface area (TPSA) is 82.2 Å². The molecule has 2 fully saturated rings. The molecule has 7 nitrogen and oxygen atoms in total. The van der Waals surface area contributed by atoms with Gasteiger partial charge in [-0.3, -0.25) is 0 Å². The van der Waals surface area contributed by atoms with Crippen LogP contribution in [0.5, 0.6) is 0 Å². The minimum absolute atomic E-state index is 0.268. The molecule has 8 heteroatoms. The normalized spacial score (nSPS) is 27.1. The Hall–Kier alpha value is -1.67. The molecule has 0 unspecified atom stereocenters. The van der Waals surface area contributed by atoms with Crippen molar-refractivity contribution in [2.45, 2.75) is 51.5 Å². The van der Waals surface area contributed by atoms with Crippen LogP contribution in [-0.4, -0.2) is 59.6 Å². The molecular weight excluding hydrogens is 374 g/mol. The molecule has 2 aromatic rings. The molecule has 1 saturated carbocycles. The second kappa shape index (κ2) is 7.99. The van der Waals surface area contributed by atoms with Crippen LogP contribution in [-0.2, 0) is 10.0 Å². The molecule has 1 N–H and O–H groups in total. The van der Waals surface area contributed by atoms with E-state index in [-0.39, 0.29) is 5.92 Å². The number of aromatic amines is 1. The van der Waals surface area contributed by atoms with Crippen LogP contribution in [0.1, 0.15) is 45.4 Å². The first-order chi connectivity index (χ1) is 13.4. The monoisotopic (exact) mass is 405 g/mol. The maximum Gasteiger partial charge on any atom is 0.214 e. The summed E-state index contributed by atoms with van der Waals surface area (Å²) >= 11 is 0. The minimum Gasteiger partial charge on any atom is -0.356 e. The molecule has 1 saturated heterocycles. The maximum absolute atomic E-state index is 12.8. The number of nitrogens with zero attached hydrogens (tertiary/aromatic N) is 4. The molecule has 1 aliphatic heterocycles. The van der Waals surface area contributed by atoms with Crippen LogP contribution in [0.25, 0.3) is 11.0 Å². The van der Waals surface area contributed by atoms with Crippen molar-refractivity contribution in [3.8, 4) is 0 Å². The van der Waals surface area contributed by atoms with Gasteiger partial charge in [0, 0.05) is 32.4 Å². The standard InChI is InChI=1S/C20H31N5O2S/c1-15-4-3-11-25(12-15)28(26,27)13-16-5-7-17(8-6-16)24(2)20-18-9-10-21-19(18)22-14-23-20/h9-10,14-17H,3-8,11-13H2,1-2H3,(H,21,22,23)/t15-,16?,17?/m1/s1. The molecule has 0 amide bonds. The van der Waals surface area contributed by atoms with Crippen molar-refractivity contribution in [2.24, 2.45) is 11.8 Å². The first-order valence-corrected chi connectivity index (χ1v) is 12.0. The van der Waals surface area contributed by atoms with Crippen LogP contribution < -0.4 is 4.90 Å². The molecule has 0 spiro atoms. The van der Waals surface area contributed by atoms with Gasteiger partial charge in [0.05, 0.1) is 11.1 Å². The number of aromatic nitrogens is 3. The summed E-state index contributed by atoms with van der Waals surface area (Å²) in [5, 5.41) is 1.04. The summed E-state index contributed by atoms with van der Waals surface area (Å²) in [5.41, 5.74) is 0.854. The van der Waals surface area contributed by atoms with Gasteiger partial charge in [0.1, 0.15) is 17.8 Å². The number of rotatable bonds is 5. The fourth-order valence-electron chi connectivity index (χ4n) is 4.81. The number of hydrogen-bond acceptors (Lipinski definition) is 5. The average molecular weight is 406 g/mol. The first kappa shape index (κ1) is 19.6. The molecular formula is C20H31N5O2S. The number of H-pyrrole nitrogens is 1. The van der Waals surface area contributed by atoms with Gasteiger partial charge in [-0.05, 0) is 56.4 Å². The summed E-state index contributed by atoms with van der Waals surface area (Å²) in [6.07, 6.45) is 9.54. The zero-order valence-corrected chi connectivity index (χ0v) is 17.7. The van der Waals surface area contributed by atoms with E-state index in [1.807, 2.05) is 12.3 Å². The first-order valence-electron chi connectivity index (χ1n) is 10.4. The molecule has 0 radical (unpaired) electrons. The van der Waals surface area contributed by atoms with Crippen molar-refractivity contribution in [2.75, 3.05) is 30.8 Å². The van der Waals surface area contributed by atoms with Crippen LogP contribution in [0.3, 0.4) is 0 Å². The molecule has 3 heterocycles. The minimum atomic E-state index is -3.13. The van der Waals surface area contributed by atoms with E-state index in [2.05, 4.69) is 33.8 Å². The molecule has 2 aromatic heterocycles. The highest BCUT2D eigenvalue weighted by molar-refractivity contribution is 7.89. The Morgan fingerprint density at radius 3 is 2.75 bits per heavy atom. The largest absolute Gasteiger partial charge is 0.356 e. The van der Waals surface area contributed by atoms with Gasteiger partial charge in [-0.2, -0.15) is 0 Å². The number of hydrogen-bond donors (Lipinski definition) is 1. The SMILES string of the molecule is C[C@@H]1CCCN(S(=O)(=O)CC2CCC(N(C)c3ncnc4[nH]ccc34)CC2)C1. The van der Waals surface area contributed by atoms with Crippen molar-refractivity contribution < 1.29 is 8.42 Å². The Balaban J connectivity index is 1.36. The van der Waals surface area contributed by atoms with E-state index in [1.54, 1.807) is 10.6 Å². The summed E-state index contributed by atoms with van der Waals surface area (Å²) in [4.78, 5) is 14.1. The highest BCUT2D eigenvalue weighted by Gasteiger charge is 2.32. The van der Waals surface area contributed by atoms with E-state index >= 15 is 0 Å². The van der Waals surface area contributed by atoms with Crippen LogP contribution in [0, 0.1) is 11.8 Å². The predicted octanol–water partition coefficient (Wildman–Crippen LogP) is 3.01. The van der Waals surface area contributed by atoms with Crippen LogP contribution in [0.15, 0.2) is 18.6 Å². The zero-order valence-electron chi connectivity index (χ0n) is 16.8. The summed E-state index contributed by atoms with van der Waals surface area (Å²) in [5.74, 6) is 2.01. The van der Waals surface area contributed by atoms with Gasteiger partial charge in [0.25, 0.3) is 0 Å². The van der Waals surface area contributed by atoms with Gasteiger partial charge in [-0.25, -0.2) is 22.7 Å². The van der Waals surface area contributed by atoms with Crippen LogP contribution in [0.2, 0.25) is 0 Å². The van der Waals surface area contributed by atoms with Crippen LogP contribution >= 0.6 is 0 Å². The Bertz CT molecular complexity index is 904. The van der Waals surface area contributed by atoms with Gasteiger partial charge in [-0.1, -0.05) is 6.92 Å². The fraction of sp³-hybridized carbons (Fsp3) is 0.700. The lowest BCUT2D eigenvalue weighted by molar-refractivity contribution is 0.275. The van der Waals surface area contributed by atoms with E-state index < -0.39 is 10.0 Å². The third-order valence-corrected chi connectivity index (χ3v) is 8.50. The van der Waals surface area contributed by atoms with E-state index in [4.69, 9.17) is 0 Å². The molecule has 0 bridgehead atoms. The lowest BCUT2D eigenvalue weighted by Crippen LogP contribution is -2.43. The second-order valence-corrected chi connectivity index (χ2v) is 10.6. The van der Waals surface area contributed by atoms with Crippen molar-refractivity contribution in [1.29, 1.82) is 0 Å². The molecule has 154 valence electrons. The number of nitrogens with one attached hydrogen (secondary N) is 1. The molecule has 28 heavy (non-hydrogen) atoms. The van der Waals surface area contributed by atoms with Crippen LogP contribution in [0.4, 0.5) is 5.82 Å².